The molecule has 0 aromatic heterocycles. The molecular formula is C42H77N9O17. The summed E-state index contributed by atoms with van der Waals surface area (Å²) in [6.45, 7) is 1.44. The van der Waals surface area contributed by atoms with E-state index < -0.39 is 54.5 Å². The van der Waals surface area contributed by atoms with Crippen LogP contribution < -0.4 is 32.9 Å². The lowest BCUT2D eigenvalue weighted by Gasteiger charge is -2.45. The molecule has 0 aromatic rings. The zero-order valence-electron chi connectivity index (χ0n) is 39.2. The second-order valence-corrected chi connectivity index (χ2v) is 16.7. The summed E-state index contributed by atoms with van der Waals surface area (Å²) in [4.78, 5) is 93.7. The maximum Gasteiger partial charge on any atom is 0.317 e. The summed E-state index contributed by atoms with van der Waals surface area (Å²) >= 11 is 0. The molecule has 0 bridgehead atoms. The summed E-state index contributed by atoms with van der Waals surface area (Å²) in [6, 6.07) is -1.24. The summed E-state index contributed by atoms with van der Waals surface area (Å²) in [5.74, 6) is -5.75. The molecular weight excluding hydrogens is 903 g/mol. The first-order valence-corrected chi connectivity index (χ1v) is 23.3. The fourth-order valence-electron chi connectivity index (χ4n) is 8.13. The maximum atomic E-state index is 12.3. The standard InChI is InChI=1S/C42H77N9O17/c43-32(41(44)62)7-3-5-12-45-30-67-31-66-22-20-64-18-15-47-36(53)27-65-21-19-63-17-14-46-35(52)10-4-6-16-68-48-13-11-42(51(25-39(58)59)26-40(60)61)28-49(23-37(54)55)33-8-1-2-9-34(33)50(29-42)24-38(56)57/h32-34,45,48H,1-31,43H2,(H2,44,62)(H,46,52)(H,47,53)(H,54,55)(H,56,57)(H,58,59)(H,60,61)/t32-,33+,34+/m0/s1. The molecule has 3 atom stereocenters. The zero-order valence-corrected chi connectivity index (χ0v) is 39.2. The second-order valence-electron chi connectivity index (χ2n) is 16.7. The molecule has 2 aliphatic rings. The molecule has 12 N–H and O–H groups in total. The topological polar surface area (TPSA) is 366 Å². The highest BCUT2D eigenvalue weighted by Gasteiger charge is 2.49. The number of hydrogen-bond donors (Lipinski definition) is 10. The third-order valence-electron chi connectivity index (χ3n) is 11.3. The van der Waals surface area contributed by atoms with Crippen molar-refractivity contribution in [2.24, 2.45) is 11.5 Å². The van der Waals surface area contributed by atoms with Gasteiger partial charge < -0.3 is 71.0 Å². The predicted octanol–water partition coefficient (Wildman–Crippen LogP) is -2.82. The van der Waals surface area contributed by atoms with Crippen molar-refractivity contribution < 1.29 is 82.5 Å². The minimum atomic E-state index is -1.28. The minimum Gasteiger partial charge on any atom is -0.480 e. The fraction of sp³-hybridized carbons (Fsp3) is 0.833. The number of fused-ring (bicyclic) bond motifs is 1. The van der Waals surface area contributed by atoms with Gasteiger partial charge in [-0.1, -0.05) is 19.3 Å². The molecule has 1 aliphatic heterocycles. The van der Waals surface area contributed by atoms with E-state index in [1.165, 1.54) is 4.90 Å². The largest absolute Gasteiger partial charge is 0.480 e. The smallest absolute Gasteiger partial charge is 0.317 e. The van der Waals surface area contributed by atoms with E-state index in [2.05, 4.69) is 21.4 Å². The van der Waals surface area contributed by atoms with Crippen LogP contribution >= 0.6 is 0 Å². The highest BCUT2D eigenvalue weighted by molar-refractivity contribution is 5.79. The molecule has 2 rings (SSSR count). The van der Waals surface area contributed by atoms with Crippen LogP contribution in [0.15, 0.2) is 0 Å². The van der Waals surface area contributed by atoms with Crippen LogP contribution in [0.25, 0.3) is 0 Å². The van der Waals surface area contributed by atoms with Gasteiger partial charge in [-0.15, -0.1) is 0 Å². The number of unbranched alkanes of at least 4 members (excludes halogenated alkanes) is 2. The molecule has 3 amide bonds. The van der Waals surface area contributed by atoms with E-state index in [9.17, 15) is 54.0 Å². The van der Waals surface area contributed by atoms with Crippen molar-refractivity contribution in [1.29, 1.82) is 0 Å². The number of carbonyl (C=O) groups is 7. The van der Waals surface area contributed by atoms with Gasteiger partial charge in [0.15, 0.2) is 0 Å². The number of nitrogens with one attached hydrogen (secondary N) is 4. The third kappa shape index (κ3) is 27.1. The first-order chi connectivity index (χ1) is 32.6. The van der Waals surface area contributed by atoms with Crippen LogP contribution in [-0.2, 0) is 62.1 Å². The number of amides is 3. The zero-order chi connectivity index (χ0) is 50.0. The number of carboxylic acid groups (broad SMARTS) is 4. The van der Waals surface area contributed by atoms with E-state index in [0.717, 1.165) is 25.7 Å². The molecule has 1 saturated heterocycles. The van der Waals surface area contributed by atoms with Gasteiger partial charge >= 0.3 is 23.9 Å². The highest BCUT2D eigenvalue weighted by atomic mass is 16.7. The quantitative estimate of drug-likeness (QED) is 0.0168. The van der Waals surface area contributed by atoms with Crippen LogP contribution in [0.3, 0.4) is 0 Å². The Kier molecular flexibility index (Phi) is 31.6. The number of aliphatic carboxylic acids is 4. The fourth-order valence-corrected chi connectivity index (χ4v) is 8.13. The summed E-state index contributed by atoms with van der Waals surface area (Å²) in [7, 11) is 0. The minimum absolute atomic E-state index is 0.00233. The molecule has 0 radical (unpaired) electrons. The average molecular weight is 980 g/mol. The Morgan fingerprint density at radius 1 is 0.647 bits per heavy atom. The van der Waals surface area contributed by atoms with Crippen LogP contribution in [0.4, 0.5) is 0 Å². The van der Waals surface area contributed by atoms with Gasteiger partial charge in [0.1, 0.15) is 13.4 Å². The summed E-state index contributed by atoms with van der Waals surface area (Å²) < 4.78 is 26.8. The Hall–Kier alpha value is -4.19. The number of hydroxylamine groups is 1. The predicted molar refractivity (Wildman–Crippen MR) is 241 cm³/mol. The van der Waals surface area contributed by atoms with E-state index in [1.54, 1.807) is 9.80 Å². The Bertz CT molecular complexity index is 1450. The van der Waals surface area contributed by atoms with E-state index in [0.29, 0.717) is 71.7 Å². The summed E-state index contributed by atoms with van der Waals surface area (Å²) in [6.07, 6.45) is 6.39. The molecule has 1 heterocycles. The van der Waals surface area contributed by atoms with Gasteiger partial charge in [0.2, 0.25) is 17.7 Å². The Morgan fingerprint density at radius 2 is 1.22 bits per heavy atom. The van der Waals surface area contributed by atoms with Crippen molar-refractivity contribution in [2.75, 3.05) is 132 Å². The Morgan fingerprint density at radius 3 is 1.79 bits per heavy atom. The highest BCUT2D eigenvalue weighted by Crippen LogP contribution is 2.36. The Labute approximate surface area is 397 Å². The molecule has 0 spiro atoms. The second kappa shape index (κ2) is 35.9. The van der Waals surface area contributed by atoms with Crippen molar-refractivity contribution in [3.05, 3.63) is 0 Å². The molecule has 0 unspecified atom stereocenters. The van der Waals surface area contributed by atoms with E-state index >= 15 is 0 Å². The molecule has 2 fully saturated rings. The number of carboxylic acids is 4. The third-order valence-corrected chi connectivity index (χ3v) is 11.3. The maximum absolute atomic E-state index is 12.3. The van der Waals surface area contributed by atoms with Crippen molar-refractivity contribution >= 4 is 41.6 Å². The van der Waals surface area contributed by atoms with Gasteiger partial charge in [-0.05, 0) is 51.5 Å². The SMILES string of the molecule is NC(=O)[C@@H](N)CCCCNCOCOCCOCCNC(=O)COCCOCCNC(=O)CCCCONCCC1(N(CC(=O)O)CC(=O)O)CN(CC(=O)O)[C@@H]2CCCC[C@H]2N(CC(=O)O)C1. The number of primary amides is 1. The molecule has 26 nitrogen and oxygen atoms in total. The van der Waals surface area contributed by atoms with Gasteiger partial charge in [0, 0.05) is 56.8 Å². The van der Waals surface area contributed by atoms with E-state index in [1.807, 2.05) is 0 Å². The van der Waals surface area contributed by atoms with Crippen molar-refractivity contribution in [2.45, 2.75) is 94.3 Å². The van der Waals surface area contributed by atoms with E-state index in [-0.39, 0.29) is 116 Å². The van der Waals surface area contributed by atoms with E-state index in [4.69, 9.17) is 40.0 Å². The number of carbonyl (C=O) groups excluding carboxylic acids is 3. The lowest BCUT2D eigenvalue weighted by atomic mass is 9.88. The van der Waals surface area contributed by atoms with Crippen LogP contribution in [0.1, 0.15) is 70.6 Å². The van der Waals surface area contributed by atoms with Crippen LogP contribution in [0.2, 0.25) is 0 Å². The molecule has 0 aromatic carbocycles. The molecule has 26 heteroatoms. The molecule has 1 aliphatic carbocycles. The van der Waals surface area contributed by atoms with Crippen molar-refractivity contribution in [1.82, 2.24) is 36.1 Å². The van der Waals surface area contributed by atoms with Gasteiger partial charge in [-0.2, -0.15) is 0 Å². The first kappa shape index (κ1) is 59.9. The summed E-state index contributed by atoms with van der Waals surface area (Å²) in [5, 5.41) is 47.9. The average Bonchev–Trinajstić information content (AvgIpc) is 3.40. The van der Waals surface area contributed by atoms with Gasteiger partial charge in [0.25, 0.3) is 0 Å². The van der Waals surface area contributed by atoms with Crippen LogP contribution in [-0.4, -0.2) is 232 Å². The van der Waals surface area contributed by atoms with Gasteiger partial charge in [0.05, 0.1) is 85.2 Å². The number of nitrogens with zero attached hydrogens (tertiary/aromatic N) is 3. The molecule has 68 heavy (non-hydrogen) atoms. The number of nitrogens with two attached hydrogens (primary N) is 2. The lowest BCUT2D eigenvalue weighted by molar-refractivity contribution is -0.148. The summed E-state index contributed by atoms with van der Waals surface area (Å²) in [5.41, 5.74) is 12.3. The first-order valence-electron chi connectivity index (χ1n) is 23.3. The number of rotatable bonds is 42. The van der Waals surface area contributed by atoms with Crippen molar-refractivity contribution in [3.8, 4) is 0 Å². The van der Waals surface area contributed by atoms with Crippen molar-refractivity contribution in [3.63, 3.8) is 0 Å². The van der Waals surface area contributed by atoms with Gasteiger partial charge in [-0.25, -0.2) is 5.48 Å². The van der Waals surface area contributed by atoms with Crippen LogP contribution in [0, 0.1) is 0 Å². The van der Waals surface area contributed by atoms with Crippen LogP contribution in [0.5, 0.6) is 0 Å². The molecule has 1 saturated carbocycles. The normalized spacial score (nSPS) is 17.8. The lowest BCUT2D eigenvalue weighted by Crippen LogP contribution is -2.63. The number of hydrogen-bond acceptors (Lipinski definition) is 19. The Balaban J connectivity index is 1.56. The van der Waals surface area contributed by atoms with Gasteiger partial charge in [-0.3, -0.25) is 53.6 Å². The number of ether oxygens (including phenoxy) is 5. The monoisotopic (exact) mass is 980 g/mol. The molecule has 392 valence electrons.